The number of ether oxygens (including phenoxy) is 1. The van der Waals surface area contributed by atoms with Crippen molar-refractivity contribution in [1.82, 2.24) is 4.98 Å². The van der Waals surface area contributed by atoms with Gasteiger partial charge in [-0.25, -0.2) is 0 Å². The number of carbonyl (C=O) groups excluding carboxylic acids is 1. The van der Waals surface area contributed by atoms with Crippen LogP contribution in [-0.2, 0) is 0 Å². The Labute approximate surface area is 93.0 Å². The maximum Gasteiger partial charge on any atom is 0.209 e. The van der Waals surface area contributed by atoms with Gasteiger partial charge in [0.05, 0.1) is 18.5 Å². The highest BCUT2D eigenvalue weighted by atomic mass is 16.5. The molecule has 0 bridgehead atoms. The van der Waals surface area contributed by atoms with Crippen molar-refractivity contribution < 1.29 is 9.53 Å². The van der Waals surface area contributed by atoms with E-state index in [4.69, 9.17) is 10.5 Å². The number of aromatic amines is 1. The predicted molar refractivity (Wildman–Crippen MR) is 61.6 cm³/mol. The number of methoxy groups -OCH3 is 1. The molecule has 1 aromatic carbocycles. The Balaban J connectivity index is 2.38. The number of benzene rings is 1. The zero-order valence-corrected chi connectivity index (χ0v) is 8.86. The standard InChI is InChI=1S/C12H12N2O2/c1-16-11-7-8(4-5-9(11)13)12(15)10-3-2-6-14-10/h2-7,14H,13H2,1H3. The van der Waals surface area contributed by atoms with Crippen LogP contribution in [0.15, 0.2) is 36.5 Å². The molecular formula is C12H12N2O2. The molecule has 0 aliphatic carbocycles. The number of carbonyl (C=O) groups is 1. The third-order valence-corrected chi connectivity index (χ3v) is 2.34. The summed E-state index contributed by atoms with van der Waals surface area (Å²) in [6.45, 7) is 0. The molecule has 0 atom stereocenters. The van der Waals surface area contributed by atoms with E-state index in [2.05, 4.69) is 4.98 Å². The molecule has 0 amide bonds. The molecule has 0 aliphatic heterocycles. The molecule has 0 radical (unpaired) electrons. The van der Waals surface area contributed by atoms with Crippen LogP contribution in [0.3, 0.4) is 0 Å². The number of anilines is 1. The van der Waals surface area contributed by atoms with Crippen LogP contribution in [0, 0.1) is 0 Å². The van der Waals surface area contributed by atoms with Crippen LogP contribution in [0.2, 0.25) is 0 Å². The fourth-order valence-electron chi connectivity index (χ4n) is 1.48. The molecule has 2 rings (SSSR count). The molecular weight excluding hydrogens is 204 g/mol. The second-order valence-corrected chi connectivity index (χ2v) is 3.37. The summed E-state index contributed by atoms with van der Waals surface area (Å²) in [7, 11) is 1.52. The molecule has 0 unspecified atom stereocenters. The summed E-state index contributed by atoms with van der Waals surface area (Å²) in [5, 5.41) is 0. The minimum Gasteiger partial charge on any atom is -0.495 e. The summed E-state index contributed by atoms with van der Waals surface area (Å²) in [6.07, 6.45) is 1.71. The summed E-state index contributed by atoms with van der Waals surface area (Å²) in [4.78, 5) is 14.8. The highest BCUT2D eigenvalue weighted by Gasteiger charge is 2.11. The van der Waals surface area contributed by atoms with Gasteiger partial charge in [-0.3, -0.25) is 4.79 Å². The molecule has 0 aliphatic rings. The number of H-pyrrole nitrogens is 1. The van der Waals surface area contributed by atoms with Crippen molar-refractivity contribution in [2.75, 3.05) is 12.8 Å². The van der Waals surface area contributed by atoms with Crippen molar-refractivity contribution in [2.45, 2.75) is 0 Å². The number of nitrogens with two attached hydrogens (primary N) is 1. The zero-order chi connectivity index (χ0) is 11.5. The first kappa shape index (κ1) is 10.3. The second kappa shape index (κ2) is 4.10. The first-order chi connectivity index (χ1) is 7.72. The number of rotatable bonds is 3. The van der Waals surface area contributed by atoms with Gasteiger partial charge >= 0.3 is 0 Å². The lowest BCUT2D eigenvalue weighted by atomic mass is 10.1. The molecule has 0 fully saturated rings. The normalized spacial score (nSPS) is 10.1. The lowest BCUT2D eigenvalue weighted by Crippen LogP contribution is -2.03. The predicted octanol–water partition coefficient (Wildman–Crippen LogP) is 1.84. The Morgan fingerprint density at radius 1 is 1.38 bits per heavy atom. The third-order valence-electron chi connectivity index (χ3n) is 2.34. The van der Waals surface area contributed by atoms with E-state index in [0.717, 1.165) is 0 Å². The SMILES string of the molecule is COc1cc(C(=O)c2ccc[nH]2)ccc1N. The van der Waals surface area contributed by atoms with Crippen LogP contribution >= 0.6 is 0 Å². The molecule has 82 valence electrons. The molecule has 1 aromatic heterocycles. The Bertz CT molecular complexity index is 504. The summed E-state index contributed by atoms with van der Waals surface area (Å²) in [5.41, 5.74) is 7.29. The maximum absolute atomic E-state index is 12.0. The first-order valence-electron chi connectivity index (χ1n) is 4.84. The van der Waals surface area contributed by atoms with Crippen LogP contribution in [0.1, 0.15) is 16.1 Å². The zero-order valence-electron chi connectivity index (χ0n) is 8.86. The first-order valence-corrected chi connectivity index (χ1v) is 4.84. The van der Waals surface area contributed by atoms with E-state index in [1.807, 2.05) is 0 Å². The minimum atomic E-state index is -0.0803. The Morgan fingerprint density at radius 2 is 2.19 bits per heavy atom. The number of ketones is 1. The molecule has 3 N–H and O–H groups in total. The van der Waals surface area contributed by atoms with E-state index in [-0.39, 0.29) is 5.78 Å². The Morgan fingerprint density at radius 3 is 2.81 bits per heavy atom. The summed E-state index contributed by atoms with van der Waals surface area (Å²) < 4.78 is 5.07. The molecule has 1 heterocycles. The van der Waals surface area contributed by atoms with Crippen molar-refractivity contribution >= 4 is 11.5 Å². The van der Waals surface area contributed by atoms with Crippen LogP contribution in [0.5, 0.6) is 5.75 Å². The van der Waals surface area contributed by atoms with Gasteiger partial charge in [0.2, 0.25) is 5.78 Å². The van der Waals surface area contributed by atoms with Gasteiger partial charge in [0.25, 0.3) is 0 Å². The molecule has 0 saturated heterocycles. The molecule has 0 saturated carbocycles. The number of hydrogen-bond donors (Lipinski definition) is 2. The highest BCUT2D eigenvalue weighted by Crippen LogP contribution is 2.23. The van der Waals surface area contributed by atoms with E-state index in [1.54, 1.807) is 36.5 Å². The third kappa shape index (κ3) is 1.77. The van der Waals surface area contributed by atoms with E-state index >= 15 is 0 Å². The van der Waals surface area contributed by atoms with Crippen molar-refractivity contribution in [3.63, 3.8) is 0 Å². The topological polar surface area (TPSA) is 68.1 Å². The second-order valence-electron chi connectivity index (χ2n) is 3.37. The molecule has 4 heteroatoms. The van der Waals surface area contributed by atoms with Crippen molar-refractivity contribution in [3.8, 4) is 5.75 Å². The van der Waals surface area contributed by atoms with E-state index in [1.165, 1.54) is 7.11 Å². The van der Waals surface area contributed by atoms with Gasteiger partial charge < -0.3 is 15.5 Å². The van der Waals surface area contributed by atoms with Gasteiger partial charge in [-0.05, 0) is 30.3 Å². The van der Waals surface area contributed by atoms with Gasteiger partial charge in [0.1, 0.15) is 5.75 Å². The lowest BCUT2D eigenvalue weighted by Gasteiger charge is -2.06. The number of aromatic nitrogens is 1. The number of hydrogen-bond acceptors (Lipinski definition) is 3. The molecule has 2 aromatic rings. The van der Waals surface area contributed by atoms with Crippen LogP contribution < -0.4 is 10.5 Å². The largest absolute Gasteiger partial charge is 0.495 e. The highest BCUT2D eigenvalue weighted by molar-refractivity contribution is 6.08. The Kier molecular flexibility index (Phi) is 2.64. The van der Waals surface area contributed by atoms with E-state index in [9.17, 15) is 4.79 Å². The Hall–Kier alpha value is -2.23. The van der Waals surface area contributed by atoms with Crippen LogP contribution in [0.25, 0.3) is 0 Å². The average molecular weight is 216 g/mol. The molecule has 16 heavy (non-hydrogen) atoms. The summed E-state index contributed by atoms with van der Waals surface area (Å²) in [6, 6.07) is 8.49. The van der Waals surface area contributed by atoms with E-state index < -0.39 is 0 Å². The van der Waals surface area contributed by atoms with Crippen LogP contribution in [0.4, 0.5) is 5.69 Å². The molecule has 0 spiro atoms. The minimum absolute atomic E-state index is 0.0803. The van der Waals surface area contributed by atoms with Gasteiger partial charge in [-0.1, -0.05) is 0 Å². The smallest absolute Gasteiger partial charge is 0.209 e. The molecule has 4 nitrogen and oxygen atoms in total. The number of nitrogens with one attached hydrogen (secondary N) is 1. The summed E-state index contributed by atoms with van der Waals surface area (Å²) in [5.74, 6) is 0.431. The van der Waals surface area contributed by atoms with E-state index in [0.29, 0.717) is 22.7 Å². The fraction of sp³-hybridized carbons (Fsp3) is 0.0833. The average Bonchev–Trinajstić information content (AvgIpc) is 2.82. The van der Waals surface area contributed by atoms with Crippen molar-refractivity contribution in [2.24, 2.45) is 0 Å². The maximum atomic E-state index is 12.0. The lowest BCUT2D eigenvalue weighted by molar-refractivity contribution is 0.103. The van der Waals surface area contributed by atoms with Gasteiger partial charge in [0, 0.05) is 11.8 Å². The monoisotopic (exact) mass is 216 g/mol. The quantitative estimate of drug-likeness (QED) is 0.607. The summed E-state index contributed by atoms with van der Waals surface area (Å²) >= 11 is 0. The van der Waals surface area contributed by atoms with Gasteiger partial charge in [-0.15, -0.1) is 0 Å². The fourth-order valence-corrected chi connectivity index (χ4v) is 1.48. The van der Waals surface area contributed by atoms with Gasteiger partial charge in [-0.2, -0.15) is 0 Å². The van der Waals surface area contributed by atoms with Crippen LogP contribution in [-0.4, -0.2) is 17.9 Å². The number of nitrogen functional groups attached to an aromatic ring is 1. The van der Waals surface area contributed by atoms with Gasteiger partial charge in [0.15, 0.2) is 0 Å². The van der Waals surface area contributed by atoms with Crippen molar-refractivity contribution in [3.05, 3.63) is 47.8 Å². The van der Waals surface area contributed by atoms with Crippen molar-refractivity contribution in [1.29, 1.82) is 0 Å².